The lowest BCUT2D eigenvalue weighted by Gasteiger charge is -2.33. The van der Waals surface area contributed by atoms with E-state index in [1.54, 1.807) is 0 Å². The summed E-state index contributed by atoms with van der Waals surface area (Å²) < 4.78 is 0. The molecule has 1 atom stereocenters. The van der Waals surface area contributed by atoms with E-state index in [4.69, 9.17) is 9.97 Å². The van der Waals surface area contributed by atoms with E-state index in [1.165, 1.54) is 38.9 Å². The molecule has 1 unspecified atom stereocenters. The average molecular weight is 650 g/mol. The first-order valence-corrected chi connectivity index (χ1v) is 17.3. The molecule has 51 heavy (non-hydrogen) atoms. The highest BCUT2D eigenvalue weighted by Gasteiger charge is 2.46. The normalized spacial score (nSPS) is 14.7. The third-order valence-electron chi connectivity index (χ3n) is 10.4. The van der Waals surface area contributed by atoms with Crippen molar-refractivity contribution >= 4 is 21.8 Å². The number of rotatable bonds is 5. The van der Waals surface area contributed by atoms with E-state index in [2.05, 4.69) is 169 Å². The Morgan fingerprint density at radius 3 is 1.69 bits per heavy atom. The molecular formula is C48H31N3. The van der Waals surface area contributed by atoms with E-state index in [0.717, 1.165) is 49.9 Å². The molecule has 3 heterocycles. The van der Waals surface area contributed by atoms with Crippen molar-refractivity contribution in [3.8, 4) is 44.8 Å². The Morgan fingerprint density at radius 1 is 0.373 bits per heavy atom. The van der Waals surface area contributed by atoms with Gasteiger partial charge in [0.2, 0.25) is 0 Å². The Labute approximate surface area is 296 Å². The first-order valence-electron chi connectivity index (χ1n) is 17.3. The van der Waals surface area contributed by atoms with Gasteiger partial charge in [-0.15, -0.1) is 0 Å². The van der Waals surface area contributed by atoms with Crippen LogP contribution in [-0.2, 0) is 5.41 Å². The van der Waals surface area contributed by atoms with Crippen LogP contribution in [0.4, 0.5) is 0 Å². The molecule has 3 heteroatoms. The lowest BCUT2D eigenvalue weighted by molar-refractivity contribution is 0.763. The van der Waals surface area contributed by atoms with Crippen molar-refractivity contribution in [3.05, 3.63) is 211 Å². The average Bonchev–Trinajstić information content (AvgIpc) is 3.52. The fourth-order valence-corrected chi connectivity index (χ4v) is 8.08. The molecule has 1 aliphatic carbocycles. The molecule has 0 fully saturated rings. The Kier molecular flexibility index (Phi) is 6.71. The zero-order valence-electron chi connectivity index (χ0n) is 27.7. The highest BCUT2D eigenvalue weighted by Crippen LogP contribution is 2.56. The van der Waals surface area contributed by atoms with E-state index in [9.17, 15) is 0 Å². The van der Waals surface area contributed by atoms with Crippen molar-refractivity contribution < 1.29 is 0 Å². The number of aromatic nitrogens is 3. The molecule has 0 bridgehead atoms. The highest BCUT2D eigenvalue weighted by atomic mass is 14.8. The van der Waals surface area contributed by atoms with Crippen molar-refractivity contribution in [3.63, 3.8) is 0 Å². The fourth-order valence-electron chi connectivity index (χ4n) is 8.08. The maximum absolute atomic E-state index is 5.37. The predicted molar refractivity (Wildman–Crippen MR) is 208 cm³/mol. The number of hydrogen-bond donors (Lipinski definition) is 0. The Bertz CT molecular complexity index is 2700. The second-order valence-corrected chi connectivity index (χ2v) is 13.2. The van der Waals surface area contributed by atoms with Crippen LogP contribution in [0.3, 0.4) is 0 Å². The molecule has 3 nitrogen and oxygen atoms in total. The van der Waals surface area contributed by atoms with E-state index in [1.807, 2.05) is 24.5 Å². The first kappa shape index (κ1) is 29.2. The molecule has 3 aromatic heterocycles. The third-order valence-corrected chi connectivity index (χ3v) is 10.4. The summed E-state index contributed by atoms with van der Waals surface area (Å²) in [4.78, 5) is 15.2. The van der Waals surface area contributed by atoms with Crippen LogP contribution < -0.4 is 0 Å². The van der Waals surface area contributed by atoms with Gasteiger partial charge in [0.1, 0.15) is 0 Å². The quantitative estimate of drug-likeness (QED) is 0.174. The Morgan fingerprint density at radius 2 is 0.961 bits per heavy atom. The lowest BCUT2D eigenvalue weighted by atomic mass is 9.68. The van der Waals surface area contributed by atoms with Gasteiger partial charge in [0.05, 0.1) is 27.8 Å². The van der Waals surface area contributed by atoms with Crippen LogP contribution in [0, 0.1) is 0 Å². The fraction of sp³-hybridized carbons (Fsp3) is 0.0208. The van der Waals surface area contributed by atoms with E-state index in [-0.39, 0.29) is 0 Å². The van der Waals surface area contributed by atoms with E-state index >= 15 is 0 Å². The second-order valence-electron chi connectivity index (χ2n) is 13.2. The van der Waals surface area contributed by atoms with Gasteiger partial charge in [-0.1, -0.05) is 146 Å². The van der Waals surface area contributed by atoms with Crippen LogP contribution in [0.25, 0.3) is 66.6 Å². The Balaban J connectivity index is 1.15. The number of nitrogens with zero attached hydrogens (tertiary/aromatic N) is 3. The van der Waals surface area contributed by atoms with Gasteiger partial charge in [-0.3, -0.25) is 4.98 Å². The SMILES string of the molecule is c1ccc(-c2cccc(-c3ccc4ccc5ccc(-c6ccc7c(c6)C(c6ccccc6)(c6cccnc6)c6ccccc6-7)nc5c4n3)c2)cc1. The molecule has 10 rings (SSSR count). The van der Waals surface area contributed by atoms with Gasteiger partial charge in [0, 0.05) is 34.3 Å². The van der Waals surface area contributed by atoms with E-state index < -0.39 is 5.41 Å². The van der Waals surface area contributed by atoms with Crippen LogP contribution >= 0.6 is 0 Å². The van der Waals surface area contributed by atoms with Crippen molar-refractivity contribution in [2.75, 3.05) is 0 Å². The van der Waals surface area contributed by atoms with Crippen LogP contribution in [0.2, 0.25) is 0 Å². The number of fused-ring (bicyclic) bond motifs is 6. The van der Waals surface area contributed by atoms with Crippen molar-refractivity contribution in [2.45, 2.75) is 5.41 Å². The summed E-state index contributed by atoms with van der Waals surface area (Å²) in [5.41, 5.74) is 15.0. The minimum atomic E-state index is -0.522. The summed E-state index contributed by atoms with van der Waals surface area (Å²) in [5, 5.41) is 2.13. The minimum Gasteiger partial charge on any atom is -0.264 e. The number of benzene rings is 6. The maximum atomic E-state index is 5.37. The molecular weight excluding hydrogens is 619 g/mol. The molecule has 6 aromatic carbocycles. The summed E-state index contributed by atoms with van der Waals surface area (Å²) in [6, 6.07) is 62.7. The molecule has 0 saturated carbocycles. The molecule has 9 aromatic rings. The van der Waals surface area contributed by atoms with Crippen LogP contribution in [0.5, 0.6) is 0 Å². The zero-order chi connectivity index (χ0) is 33.8. The van der Waals surface area contributed by atoms with Crippen molar-refractivity contribution in [1.29, 1.82) is 0 Å². The molecule has 1 aliphatic rings. The van der Waals surface area contributed by atoms with Gasteiger partial charge in [-0.05, 0) is 74.8 Å². The topological polar surface area (TPSA) is 38.7 Å². The second kappa shape index (κ2) is 11.7. The van der Waals surface area contributed by atoms with E-state index in [0.29, 0.717) is 0 Å². The van der Waals surface area contributed by atoms with Gasteiger partial charge in [-0.2, -0.15) is 0 Å². The van der Waals surface area contributed by atoms with Gasteiger partial charge in [-0.25, -0.2) is 9.97 Å². The maximum Gasteiger partial charge on any atom is 0.0972 e. The third kappa shape index (κ3) is 4.63. The minimum absolute atomic E-state index is 0.522. The number of pyridine rings is 3. The molecule has 0 aliphatic heterocycles. The monoisotopic (exact) mass is 649 g/mol. The van der Waals surface area contributed by atoms with Gasteiger partial charge in [0.15, 0.2) is 0 Å². The van der Waals surface area contributed by atoms with Gasteiger partial charge in [0.25, 0.3) is 0 Å². The van der Waals surface area contributed by atoms with Gasteiger partial charge < -0.3 is 0 Å². The largest absolute Gasteiger partial charge is 0.264 e. The molecule has 0 N–H and O–H groups in total. The number of hydrogen-bond acceptors (Lipinski definition) is 3. The van der Waals surface area contributed by atoms with Crippen molar-refractivity contribution in [2.24, 2.45) is 0 Å². The highest BCUT2D eigenvalue weighted by molar-refractivity contribution is 6.04. The summed E-state index contributed by atoms with van der Waals surface area (Å²) >= 11 is 0. The summed E-state index contributed by atoms with van der Waals surface area (Å²) in [7, 11) is 0. The van der Waals surface area contributed by atoms with Gasteiger partial charge >= 0.3 is 0 Å². The molecule has 0 radical (unpaired) electrons. The summed E-state index contributed by atoms with van der Waals surface area (Å²) in [5.74, 6) is 0. The summed E-state index contributed by atoms with van der Waals surface area (Å²) in [6.07, 6.45) is 3.87. The van der Waals surface area contributed by atoms with Crippen LogP contribution in [0.1, 0.15) is 22.3 Å². The predicted octanol–water partition coefficient (Wildman–Crippen LogP) is 11.5. The van der Waals surface area contributed by atoms with Crippen molar-refractivity contribution in [1.82, 2.24) is 15.0 Å². The first-order chi connectivity index (χ1) is 25.3. The lowest BCUT2D eigenvalue weighted by Crippen LogP contribution is -2.28. The standard InChI is InChI=1S/C48H31N3/c1-3-11-32(12-4-1)35-13-9-14-36(29-35)44-26-23-33-20-21-34-24-27-45(51-47(34)46(33)50-44)37-22-25-41-40-18-7-8-19-42(40)48(43(41)30-37,38-15-5-2-6-16-38)39-17-10-28-49-31-39/h1-31H. The summed E-state index contributed by atoms with van der Waals surface area (Å²) in [6.45, 7) is 0. The molecule has 0 amide bonds. The molecule has 0 spiro atoms. The van der Waals surface area contributed by atoms with Crippen LogP contribution in [-0.4, -0.2) is 15.0 Å². The molecule has 0 saturated heterocycles. The van der Waals surface area contributed by atoms with Crippen LogP contribution in [0.15, 0.2) is 188 Å². The molecule has 238 valence electrons. The Hall–Kier alpha value is -6.71. The zero-order valence-corrected chi connectivity index (χ0v) is 27.7. The smallest absolute Gasteiger partial charge is 0.0972 e.